The van der Waals surface area contributed by atoms with Crippen LogP contribution in [-0.2, 0) is 27.1 Å². The Labute approximate surface area is 269 Å². The number of imidazole rings is 2. The molecule has 4 heterocycles. The Morgan fingerprint density at radius 1 is 0.957 bits per heavy atom. The van der Waals surface area contributed by atoms with E-state index in [2.05, 4.69) is 43.7 Å². The fourth-order valence-electron chi connectivity index (χ4n) is 5.38. The Kier molecular flexibility index (Phi) is 8.46. The van der Waals surface area contributed by atoms with E-state index in [1.165, 1.54) is 0 Å². The van der Waals surface area contributed by atoms with Crippen molar-refractivity contribution in [3.8, 4) is 11.6 Å². The normalized spacial score (nSPS) is 14.4. The first-order valence-corrected chi connectivity index (χ1v) is 18.6. The molecule has 1 saturated heterocycles. The van der Waals surface area contributed by atoms with Crippen molar-refractivity contribution in [1.29, 1.82) is 0 Å². The lowest BCUT2D eigenvalue weighted by atomic mass is 10.2. The van der Waals surface area contributed by atoms with Crippen molar-refractivity contribution in [2.24, 2.45) is 0 Å². The van der Waals surface area contributed by atoms with Crippen molar-refractivity contribution in [3.63, 3.8) is 0 Å². The van der Waals surface area contributed by atoms with Gasteiger partial charge < -0.3 is 28.6 Å². The molecule has 3 aromatic heterocycles. The average molecular weight is 643 g/mol. The molecule has 0 amide bonds. The molecule has 0 radical (unpaired) electrons. The molecule has 5 aromatic rings. The van der Waals surface area contributed by atoms with E-state index in [-0.39, 0.29) is 23.3 Å². The van der Waals surface area contributed by atoms with Crippen LogP contribution in [-0.4, -0.2) is 81.2 Å². The number of aromatic nitrogens is 6. The number of hydrogen-bond acceptors (Lipinski definition) is 10. The lowest BCUT2D eigenvalue weighted by Crippen LogP contribution is -2.47. The smallest absolute Gasteiger partial charge is 0.326 e. The van der Waals surface area contributed by atoms with Crippen molar-refractivity contribution in [2.75, 3.05) is 42.6 Å². The highest BCUT2D eigenvalue weighted by molar-refractivity contribution is 6.74. The minimum absolute atomic E-state index is 0.0130. The molecule has 6 rings (SSSR count). The van der Waals surface area contributed by atoms with Gasteiger partial charge in [0.25, 0.3) is 0 Å². The molecule has 0 atom stereocenters. The predicted octanol–water partition coefficient (Wildman–Crippen LogP) is 5.28. The standard InChI is InChI=1S/C33H42N8O4Si/c1-7-44-28(43)20-40-22-34-29-30(40)36-32(39-18-16-38(17-19-39)23-12-14-24(42)15-13-23)37-31(29)41-26-11-9-8-10-25(26)35-27(41)21-45-46(5,6)33(2,3)4/h8-15,22,42H,7,16-21H2,1-6H3. The summed E-state index contributed by atoms with van der Waals surface area (Å²) in [6.07, 6.45) is 1.62. The van der Waals surface area contributed by atoms with Crippen LogP contribution >= 0.6 is 0 Å². The van der Waals surface area contributed by atoms with E-state index >= 15 is 0 Å². The fourth-order valence-corrected chi connectivity index (χ4v) is 6.30. The first kappa shape index (κ1) is 31.5. The average Bonchev–Trinajstić information content (AvgIpc) is 3.61. The van der Waals surface area contributed by atoms with E-state index in [1.54, 1.807) is 30.0 Å². The second-order valence-electron chi connectivity index (χ2n) is 13.1. The first-order chi connectivity index (χ1) is 21.9. The number of piperazine rings is 1. The minimum Gasteiger partial charge on any atom is -0.508 e. The van der Waals surface area contributed by atoms with Crippen LogP contribution in [0, 0.1) is 0 Å². The molecular formula is C33H42N8O4Si. The Hall–Kier alpha value is -4.49. The van der Waals surface area contributed by atoms with Gasteiger partial charge in [0.2, 0.25) is 5.95 Å². The quantitative estimate of drug-likeness (QED) is 0.168. The summed E-state index contributed by atoms with van der Waals surface area (Å²) in [5.41, 5.74) is 3.88. The number of anilines is 2. The first-order valence-electron chi connectivity index (χ1n) is 15.7. The maximum absolute atomic E-state index is 12.6. The number of benzene rings is 2. The monoisotopic (exact) mass is 642 g/mol. The second kappa shape index (κ2) is 12.4. The van der Waals surface area contributed by atoms with Crippen LogP contribution in [0.2, 0.25) is 18.1 Å². The molecule has 12 nitrogen and oxygen atoms in total. The van der Waals surface area contributed by atoms with E-state index < -0.39 is 8.32 Å². The lowest BCUT2D eigenvalue weighted by molar-refractivity contribution is -0.143. The highest BCUT2D eigenvalue weighted by Gasteiger charge is 2.37. The predicted molar refractivity (Wildman–Crippen MR) is 181 cm³/mol. The van der Waals surface area contributed by atoms with Crippen LogP contribution in [0.15, 0.2) is 54.9 Å². The number of aromatic hydroxyl groups is 1. The number of phenols is 1. The number of ether oxygens (including phenoxy) is 1. The van der Waals surface area contributed by atoms with Gasteiger partial charge in [0.15, 0.2) is 25.3 Å². The number of nitrogens with zero attached hydrogens (tertiary/aromatic N) is 8. The summed E-state index contributed by atoms with van der Waals surface area (Å²) < 4.78 is 15.7. The summed E-state index contributed by atoms with van der Waals surface area (Å²) in [4.78, 5) is 36.9. The highest BCUT2D eigenvalue weighted by atomic mass is 28.4. The van der Waals surface area contributed by atoms with E-state index in [0.29, 0.717) is 49.2 Å². The number of para-hydroxylation sites is 2. The number of fused-ring (bicyclic) bond motifs is 2. The van der Waals surface area contributed by atoms with E-state index in [0.717, 1.165) is 35.6 Å². The Bertz CT molecular complexity index is 1850. The van der Waals surface area contributed by atoms with Gasteiger partial charge in [-0.3, -0.25) is 9.36 Å². The Balaban J connectivity index is 1.43. The molecular weight excluding hydrogens is 601 g/mol. The number of carbonyl (C=O) groups excluding carboxylic acids is 1. The third-order valence-corrected chi connectivity index (χ3v) is 13.5. The largest absolute Gasteiger partial charge is 0.508 e. The third kappa shape index (κ3) is 6.16. The van der Waals surface area contributed by atoms with Crippen molar-refractivity contribution in [3.05, 3.63) is 60.7 Å². The van der Waals surface area contributed by atoms with Gasteiger partial charge in [0, 0.05) is 31.9 Å². The molecule has 242 valence electrons. The van der Waals surface area contributed by atoms with Gasteiger partial charge in [-0.25, -0.2) is 9.97 Å². The zero-order chi connectivity index (χ0) is 32.6. The number of esters is 1. The van der Waals surface area contributed by atoms with Gasteiger partial charge in [-0.2, -0.15) is 9.97 Å². The molecule has 2 aromatic carbocycles. The molecule has 1 fully saturated rings. The van der Waals surface area contributed by atoms with Gasteiger partial charge >= 0.3 is 5.97 Å². The molecule has 0 bridgehead atoms. The summed E-state index contributed by atoms with van der Waals surface area (Å²) in [7, 11) is -2.10. The molecule has 0 spiro atoms. The fraction of sp³-hybridized carbons (Fsp3) is 0.424. The molecule has 1 aliphatic heterocycles. The zero-order valence-corrected chi connectivity index (χ0v) is 28.4. The molecule has 46 heavy (non-hydrogen) atoms. The minimum atomic E-state index is -2.10. The second-order valence-corrected chi connectivity index (χ2v) is 17.9. The molecule has 0 saturated carbocycles. The van der Waals surface area contributed by atoms with Gasteiger partial charge in [-0.05, 0) is 61.5 Å². The maximum Gasteiger partial charge on any atom is 0.326 e. The van der Waals surface area contributed by atoms with Crippen LogP contribution in [0.25, 0.3) is 28.0 Å². The van der Waals surface area contributed by atoms with E-state index in [4.69, 9.17) is 29.1 Å². The number of carbonyl (C=O) groups is 1. The van der Waals surface area contributed by atoms with E-state index in [1.807, 2.05) is 41.0 Å². The van der Waals surface area contributed by atoms with Crippen LogP contribution in [0.4, 0.5) is 11.6 Å². The molecule has 1 aliphatic rings. The van der Waals surface area contributed by atoms with Gasteiger partial charge in [-0.1, -0.05) is 32.9 Å². The lowest BCUT2D eigenvalue weighted by Gasteiger charge is -2.36. The molecule has 1 N–H and O–H groups in total. The van der Waals surface area contributed by atoms with Gasteiger partial charge in [0.1, 0.15) is 18.1 Å². The van der Waals surface area contributed by atoms with Gasteiger partial charge in [-0.15, -0.1) is 0 Å². The topological polar surface area (TPSA) is 124 Å². The maximum atomic E-state index is 12.6. The van der Waals surface area contributed by atoms with Crippen LogP contribution in [0.1, 0.15) is 33.5 Å². The number of hydrogen-bond donors (Lipinski definition) is 1. The van der Waals surface area contributed by atoms with Crippen molar-refractivity contribution in [1.82, 2.24) is 29.1 Å². The van der Waals surface area contributed by atoms with Crippen molar-refractivity contribution >= 4 is 48.1 Å². The van der Waals surface area contributed by atoms with Crippen LogP contribution < -0.4 is 9.80 Å². The highest BCUT2D eigenvalue weighted by Crippen LogP contribution is 2.37. The van der Waals surface area contributed by atoms with Crippen molar-refractivity contribution in [2.45, 2.75) is 59.0 Å². The SMILES string of the molecule is CCOC(=O)Cn1cnc2c(-n3c(CO[Si](C)(C)C(C)(C)C)nc4ccccc43)nc(N3CCN(c4ccc(O)cc4)CC3)nc21. The van der Waals surface area contributed by atoms with Crippen LogP contribution in [0.3, 0.4) is 0 Å². The molecule has 0 aliphatic carbocycles. The van der Waals surface area contributed by atoms with Crippen molar-refractivity contribution < 1.29 is 19.1 Å². The summed E-state index contributed by atoms with van der Waals surface area (Å²) in [6.45, 7) is 16.4. The summed E-state index contributed by atoms with van der Waals surface area (Å²) in [5, 5.41) is 9.76. The number of phenolic OH excluding ortho intramolecular Hbond substituents is 1. The summed E-state index contributed by atoms with van der Waals surface area (Å²) in [6, 6.07) is 15.2. The molecule has 0 unspecified atom stereocenters. The third-order valence-electron chi connectivity index (χ3n) is 9.03. The van der Waals surface area contributed by atoms with Crippen LogP contribution in [0.5, 0.6) is 5.75 Å². The molecule has 13 heteroatoms. The zero-order valence-electron chi connectivity index (χ0n) is 27.4. The van der Waals surface area contributed by atoms with E-state index in [9.17, 15) is 9.90 Å². The summed E-state index contributed by atoms with van der Waals surface area (Å²) in [5.74, 6) is 1.76. The number of rotatable bonds is 9. The Morgan fingerprint density at radius 3 is 2.35 bits per heavy atom. The summed E-state index contributed by atoms with van der Waals surface area (Å²) >= 11 is 0. The van der Waals surface area contributed by atoms with Gasteiger partial charge in [0.05, 0.1) is 30.6 Å². The Morgan fingerprint density at radius 2 is 1.65 bits per heavy atom.